The number of thiophene rings is 2. The Labute approximate surface area is 191 Å². The van der Waals surface area contributed by atoms with Crippen molar-refractivity contribution in [1.29, 1.82) is 0 Å². The summed E-state index contributed by atoms with van der Waals surface area (Å²) in [6, 6.07) is 7.62. The summed E-state index contributed by atoms with van der Waals surface area (Å²) in [6.45, 7) is 0.818. The van der Waals surface area contributed by atoms with Gasteiger partial charge >= 0.3 is 0 Å². The highest BCUT2D eigenvalue weighted by atomic mass is 32.2. The molecule has 4 aromatic rings. The van der Waals surface area contributed by atoms with Gasteiger partial charge in [-0.2, -0.15) is 0 Å². The van der Waals surface area contributed by atoms with Crippen LogP contribution >= 0.6 is 34.4 Å². The van der Waals surface area contributed by atoms with Crippen molar-refractivity contribution in [2.75, 3.05) is 5.75 Å². The maximum atomic E-state index is 13.5. The topological polar surface area (TPSA) is 77.1 Å². The zero-order chi connectivity index (χ0) is 21.2. The summed E-state index contributed by atoms with van der Waals surface area (Å²) in [6.07, 6.45) is 5.82. The molecule has 160 valence electrons. The summed E-state index contributed by atoms with van der Waals surface area (Å²) in [5.74, 6) is 0.811. The molecule has 0 aromatic carbocycles. The molecule has 31 heavy (non-hydrogen) atoms. The standard InChI is InChI=1S/C22H21N3O3S3/c26-18(23-11-15-6-4-10-29-15)13-30-22-24-20-19(16-7-1-2-8-17(16)31-20)21(27)25(22)12-14-5-3-9-28-14/h3-6,9-10H,1-2,7-8,11-13H2,(H,23,26). The number of carbonyl (C=O) groups excluding carboxylic acids is 1. The molecule has 5 rings (SSSR count). The number of nitrogens with zero attached hydrogens (tertiary/aromatic N) is 2. The monoisotopic (exact) mass is 471 g/mol. The smallest absolute Gasteiger partial charge is 0.263 e. The van der Waals surface area contributed by atoms with E-state index in [-0.39, 0.29) is 17.2 Å². The van der Waals surface area contributed by atoms with E-state index in [1.165, 1.54) is 22.2 Å². The Morgan fingerprint density at radius 2 is 2.16 bits per heavy atom. The SMILES string of the molecule is O=C(CSc1nc2sc3c(c2c(=O)n1Cc1ccco1)CCCC3)NCc1cccs1. The summed E-state index contributed by atoms with van der Waals surface area (Å²) < 4.78 is 7.14. The predicted molar refractivity (Wildman–Crippen MR) is 125 cm³/mol. The largest absolute Gasteiger partial charge is 0.467 e. The van der Waals surface area contributed by atoms with E-state index in [2.05, 4.69) is 5.32 Å². The van der Waals surface area contributed by atoms with Gasteiger partial charge in [0.25, 0.3) is 5.56 Å². The molecule has 4 aromatic heterocycles. The fourth-order valence-corrected chi connectivity index (χ4v) is 6.58. The number of hydrogen-bond donors (Lipinski definition) is 1. The lowest BCUT2D eigenvalue weighted by Crippen LogP contribution is -2.27. The minimum absolute atomic E-state index is 0.0395. The second kappa shape index (κ2) is 9.02. The first-order valence-corrected chi connectivity index (χ1v) is 12.9. The van der Waals surface area contributed by atoms with E-state index in [1.807, 2.05) is 29.6 Å². The number of fused-ring (bicyclic) bond motifs is 3. The van der Waals surface area contributed by atoms with Gasteiger partial charge in [0.2, 0.25) is 5.91 Å². The van der Waals surface area contributed by atoms with Crippen LogP contribution in [-0.2, 0) is 30.7 Å². The minimum atomic E-state index is -0.0808. The van der Waals surface area contributed by atoms with Gasteiger partial charge in [0, 0.05) is 9.75 Å². The highest BCUT2D eigenvalue weighted by molar-refractivity contribution is 7.99. The van der Waals surface area contributed by atoms with E-state index >= 15 is 0 Å². The molecule has 1 aliphatic rings. The maximum Gasteiger partial charge on any atom is 0.263 e. The van der Waals surface area contributed by atoms with Gasteiger partial charge in [-0.05, 0) is 54.8 Å². The summed E-state index contributed by atoms with van der Waals surface area (Å²) in [5.41, 5.74) is 1.13. The Morgan fingerprint density at radius 1 is 1.26 bits per heavy atom. The number of nitrogens with one attached hydrogen (secondary N) is 1. The third kappa shape index (κ3) is 4.35. The Balaban J connectivity index is 1.44. The molecule has 4 heterocycles. The average molecular weight is 472 g/mol. The molecule has 1 N–H and O–H groups in total. The molecule has 1 amide bonds. The van der Waals surface area contributed by atoms with Crippen molar-refractivity contribution < 1.29 is 9.21 Å². The first-order chi connectivity index (χ1) is 15.2. The molecular weight excluding hydrogens is 450 g/mol. The van der Waals surface area contributed by atoms with Crippen LogP contribution in [0.5, 0.6) is 0 Å². The zero-order valence-corrected chi connectivity index (χ0v) is 19.2. The van der Waals surface area contributed by atoms with Crippen LogP contribution in [0.1, 0.15) is 33.9 Å². The number of furan rings is 1. The highest BCUT2D eigenvalue weighted by Gasteiger charge is 2.23. The Bertz CT molecular complexity index is 1260. The number of aryl methyl sites for hydroxylation is 2. The van der Waals surface area contributed by atoms with Gasteiger partial charge in [-0.15, -0.1) is 22.7 Å². The molecule has 0 fully saturated rings. The number of rotatable bonds is 7. The summed E-state index contributed by atoms with van der Waals surface area (Å²) >= 11 is 4.54. The van der Waals surface area contributed by atoms with E-state index in [9.17, 15) is 9.59 Å². The predicted octanol–water partition coefficient (Wildman–Crippen LogP) is 4.45. The Morgan fingerprint density at radius 3 is 2.97 bits per heavy atom. The first kappa shape index (κ1) is 20.5. The van der Waals surface area contributed by atoms with Gasteiger partial charge in [-0.25, -0.2) is 4.98 Å². The van der Waals surface area contributed by atoms with Crippen LogP contribution in [0, 0.1) is 0 Å². The number of aromatic nitrogens is 2. The van der Waals surface area contributed by atoms with Gasteiger partial charge in [0.1, 0.15) is 10.6 Å². The highest BCUT2D eigenvalue weighted by Crippen LogP contribution is 2.34. The maximum absolute atomic E-state index is 13.5. The fourth-order valence-electron chi connectivity index (χ4n) is 3.81. The van der Waals surface area contributed by atoms with Gasteiger partial charge < -0.3 is 9.73 Å². The summed E-state index contributed by atoms with van der Waals surface area (Å²) in [5, 5.41) is 6.22. The van der Waals surface area contributed by atoms with E-state index in [1.54, 1.807) is 33.5 Å². The van der Waals surface area contributed by atoms with Crippen molar-refractivity contribution in [2.24, 2.45) is 0 Å². The normalized spacial score (nSPS) is 13.4. The zero-order valence-electron chi connectivity index (χ0n) is 16.8. The van der Waals surface area contributed by atoms with Crippen LogP contribution in [0.3, 0.4) is 0 Å². The Kier molecular flexibility index (Phi) is 5.97. The molecular formula is C22H21N3O3S3. The van der Waals surface area contributed by atoms with Crippen LogP contribution < -0.4 is 10.9 Å². The summed E-state index contributed by atoms with van der Waals surface area (Å²) in [4.78, 5) is 33.9. The van der Waals surface area contributed by atoms with Crippen molar-refractivity contribution in [3.63, 3.8) is 0 Å². The molecule has 0 aliphatic heterocycles. The van der Waals surface area contributed by atoms with E-state index in [0.29, 0.717) is 24.0 Å². The second-order valence-electron chi connectivity index (χ2n) is 7.40. The van der Waals surface area contributed by atoms with Crippen LogP contribution in [0.15, 0.2) is 50.3 Å². The van der Waals surface area contributed by atoms with Gasteiger partial charge in [-0.3, -0.25) is 14.2 Å². The van der Waals surface area contributed by atoms with Gasteiger partial charge in [-0.1, -0.05) is 17.8 Å². The van der Waals surface area contributed by atoms with E-state index in [4.69, 9.17) is 9.40 Å². The molecule has 6 nitrogen and oxygen atoms in total. The van der Waals surface area contributed by atoms with Crippen molar-refractivity contribution in [1.82, 2.24) is 14.9 Å². The lowest BCUT2D eigenvalue weighted by atomic mass is 9.97. The number of amides is 1. The number of carbonyl (C=O) groups is 1. The molecule has 0 radical (unpaired) electrons. The van der Waals surface area contributed by atoms with Crippen molar-refractivity contribution >= 4 is 50.6 Å². The third-order valence-corrected chi connectivity index (χ3v) is 8.34. The molecule has 0 spiro atoms. The van der Waals surface area contributed by atoms with Crippen molar-refractivity contribution in [3.05, 3.63) is 67.3 Å². The molecule has 0 saturated carbocycles. The summed E-state index contributed by atoms with van der Waals surface area (Å²) in [7, 11) is 0. The van der Waals surface area contributed by atoms with Crippen LogP contribution in [0.2, 0.25) is 0 Å². The average Bonchev–Trinajstić information content (AvgIpc) is 3.53. The lowest BCUT2D eigenvalue weighted by Gasteiger charge is -2.13. The molecule has 0 unspecified atom stereocenters. The number of hydrogen-bond acceptors (Lipinski definition) is 7. The van der Waals surface area contributed by atoms with Crippen molar-refractivity contribution in [3.8, 4) is 0 Å². The lowest BCUT2D eigenvalue weighted by molar-refractivity contribution is -0.118. The molecule has 0 saturated heterocycles. The van der Waals surface area contributed by atoms with E-state index < -0.39 is 0 Å². The van der Waals surface area contributed by atoms with Crippen LogP contribution in [-0.4, -0.2) is 21.2 Å². The van der Waals surface area contributed by atoms with Gasteiger partial charge in [0.05, 0.1) is 30.5 Å². The molecule has 0 atom stereocenters. The van der Waals surface area contributed by atoms with Crippen LogP contribution in [0.4, 0.5) is 0 Å². The molecule has 1 aliphatic carbocycles. The minimum Gasteiger partial charge on any atom is -0.467 e. The third-order valence-electron chi connectivity index (χ3n) is 5.31. The number of thioether (sulfide) groups is 1. The molecule has 9 heteroatoms. The Hall–Kier alpha value is -2.36. The quantitative estimate of drug-likeness (QED) is 0.318. The van der Waals surface area contributed by atoms with Crippen LogP contribution in [0.25, 0.3) is 10.2 Å². The van der Waals surface area contributed by atoms with E-state index in [0.717, 1.165) is 40.8 Å². The van der Waals surface area contributed by atoms with Crippen molar-refractivity contribution in [2.45, 2.75) is 43.9 Å². The molecule has 0 bridgehead atoms. The van der Waals surface area contributed by atoms with Gasteiger partial charge in [0.15, 0.2) is 5.16 Å². The first-order valence-electron chi connectivity index (χ1n) is 10.2. The fraction of sp³-hybridized carbons (Fsp3) is 0.318. The second-order valence-corrected chi connectivity index (χ2v) is 10.5.